The van der Waals surface area contributed by atoms with Crippen LogP contribution in [0.25, 0.3) is 0 Å². The fourth-order valence-corrected chi connectivity index (χ4v) is 5.23. The summed E-state index contributed by atoms with van der Waals surface area (Å²) < 4.78 is 70.9. The Kier molecular flexibility index (Phi) is 10.2. The summed E-state index contributed by atoms with van der Waals surface area (Å²) in [6.07, 6.45) is 3.25. The van der Waals surface area contributed by atoms with Crippen molar-refractivity contribution < 1.29 is 26.3 Å². The zero-order valence-corrected chi connectivity index (χ0v) is 19.8. The molecular weight excluding hydrogens is 441 g/mol. The third-order valence-corrected chi connectivity index (χ3v) is 7.76. The van der Waals surface area contributed by atoms with E-state index in [1.807, 2.05) is 6.08 Å². The van der Waals surface area contributed by atoms with Crippen molar-refractivity contribution in [3.8, 4) is 0 Å². The van der Waals surface area contributed by atoms with Gasteiger partial charge in [-0.2, -0.15) is 13.2 Å². The van der Waals surface area contributed by atoms with Gasteiger partial charge in [0, 0.05) is 26.7 Å². The highest BCUT2D eigenvalue weighted by molar-refractivity contribution is 7.89. The molecule has 1 saturated carbocycles. The molecule has 1 aliphatic rings. The molecule has 0 aromatic heterocycles. The number of rotatable bonds is 12. The summed E-state index contributed by atoms with van der Waals surface area (Å²) >= 11 is 0. The number of halogens is 3. The first kappa shape index (κ1) is 26.8. The molecule has 182 valence electrons. The van der Waals surface area contributed by atoms with E-state index in [0.29, 0.717) is 6.54 Å². The van der Waals surface area contributed by atoms with Crippen LogP contribution in [0.15, 0.2) is 41.8 Å². The van der Waals surface area contributed by atoms with Gasteiger partial charge in [0.2, 0.25) is 10.0 Å². The van der Waals surface area contributed by atoms with Crippen molar-refractivity contribution in [1.82, 2.24) is 9.21 Å². The van der Waals surface area contributed by atoms with Crippen LogP contribution < -0.4 is 0 Å². The molecule has 1 aromatic rings. The maximum absolute atomic E-state index is 12.7. The zero-order chi connectivity index (χ0) is 23.8. The zero-order valence-electron chi connectivity index (χ0n) is 19.0. The molecule has 5 nitrogen and oxygen atoms in total. The molecule has 0 saturated heterocycles. The average Bonchev–Trinajstić information content (AvgIpc) is 2.74. The lowest BCUT2D eigenvalue weighted by molar-refractivity contribution is -0.137. The van der Waals surface area contributed by atoms with E-state index in [1.165, 1.54) is 11.4 Å². The standard InChI is InChI=1S/C23H35F3N2O3S/c1-4-15-27(2)16-5-6-17-31-21-11-7-19(8-12-21)18-28(3)32(29,30)22-13-9-20(10-14-22)23(24,25)26/h4,9-10,13-14,19,21H,1,5-8,11-12,15-18H2,2-3H3/t19-,21-. The third-order valence-electron chi connectivity index (χ3n) is 5.93. The number of benzene rings is 1. The Hall–Kier alpha value is -1.42. The van der Waals surface area contributed by atoms with Crippen LogP contribution in [-0.2, 0) is 20.9 Å². The Morgan fingerprint density at radius 3 is 2.28 bits per heavy atom. The topological polar surface area (TPSA) is 49.9 Å². The highest BCUT2D eigenvalue weighted by atomic mass is 32.2. The Bertz CT molecular complexity index is 805. The van der Waals surface area contributed by atoms with Crippen LogP contribution in [0.3, 0.4) is 0 Å². The molecule has 0 radical (unpaired) electrons. The van der Waals surface area contributed by atoms with Crippen LogP contribution in [-0.4, -0.2) is 64.1 Å². The molecule has 0 heterocycles. The van der Waals surface area contributed by atoms with Gasteiger partial charge in [-0.3, -0.25) is 0 Å². The van der Waals surface area contributed by atoms with Gasteiger partial charge in [0.15, 0.2) is 0 Å². The highest BCUT2D eigenvalue weighted by Crippen LogP contribution is 2.31. The van der Waals surface area contributed by atoms with Gasteiger partial charge in [0.25, 0.3) is 0 Å². The molecule has 1 fully saturated rings. The summed E-state index contributed by atoms with van der Waals surface area (Å²) in [5.74, 6) is 0.219. The third kappa shape index (κ3) is 8.17. The lowest BCUT2D eigenvalue weighted by Gasteiger charge is -2.31. The van der Waals surface area contributed by atoms with Gasteiger partial charge in [-0.15, -0.1) is 6.58 Å². The van der Waals surface area contributed by atoms with Crippen LogP contribution in [0.5, 0.6) is 0 Å². The normalized spacial score (nSPS) is 20.1. The van der Waals surface area contributed by atoms with Crippen LogP contribution >= 0.6 is 0 Å². The first-order valence-corrected chi connectivity index (χ1v) is 12.5. The van der Waals surface area contributed by atoms with E-state index in [-0.39, 0.29) is 16.9 Å². The number of sulfonamides is 1. The van der Waals surface area contributed by atoms with Crippen LogP contribution in [0.2, 0.25) is 0 Å². The maximum atomic E-state index is 12.7. The fourth-order valence-electron chi connectivity index (χ4n) is 3.98. The molecule has 1 aliphatic carbocycles. The summed E-state index contributed by atoms with van der Waals surface area (Å²) in [7, 11) is -0.268. The van der Waals surface area contributed by atoms with Gasteiger partial charge in [-0.1, -0.05) is 6.08 Å². The molecule has 0 N–H and O–H groups in total. The summed E-state index contributed by atoms with van der Waals surface area (Å²) in [5, 5.41) is 0. The van der Waals surface area contributed by atoms with E-state index in [9.17, 15) is 21.6 Å². The Balaban J connectivity index is 1.73. The monoisotopic (exact) mass is 476 g/mol. The van der Waals surface area contributed by atoms with Crippen molar-refractivity contribution in [3.63, 3.8) is 0 Å². The predicted molar refractivity (Wildman–Crippen MR) is 120 cm³/mol. The summed E-state index contributed by atoms with van der Waals surface area (Å²) in [6, 6.07) is 3.66. The lowest BCUT2D eigenvalue weighted by Crippen LogP contribution is -2.34. The molecule has 0 unspecified atom stereocenters. The summed E-state index contributed by atoms with van der Waals surface area (Å²) in [6.45, 7) is 6.72. The SMILES string of the molecule is C=CCN(C)CCCCO[C@H]1CC[C@H](CN(C)S(=O)(=O)c2ccc(C(F)(F)F)cc2)CC1. The summed E-state index contributed by atoms with van der Waals surface area (Å²) in [4.78, 5) is 2.09. The van der Waals surface area contributed by atoms with E-state index >= 15 is 0 Å². The lowest BCUT2D eigenvalue weighted by atomic mass is 9.87. The molecular formula is C23H35F3N2O3S. The number of hydrogen-bond acceptors (Lipinski definition) is 4. The Labute approximate surface area is 190 Å². The Morgan fingerprint density at radius 2 is 1.72 bits per heavy atom. The van der Waals surface area contributed by atoms with Gasteiger partial charge in [-0.05, 0) is 82.3 Å². The van der Waals surface area contributed by atoms with Crippen molar-refractivity contribution in [2.24, 2.45) is 5.92 Å². The second-order valence-corrected chi connectivity index (χ2v) is 10.6. The largest absolute Gasteiger partial charge is 0.416 e. The molecule has 0 bridgehead atoms. The summed E-state index contributed by atoms with van der Waals surface area (Å²) in [5.41, 5.74) is -0.860. The second-order valence-electron chi connectivity index (χ2n) is 8.58. The van der Waals surface area contributed by atoms with E-state index in [2.05, 4.69) is 18.5 Å². The average molecular weight is 477 g/mol. The van der Waals surface area contributed by atoms with Crippen LogP contribution in [0, 0.1) is 5.92 Å². The van der Waals surface area contributed by atoms with Gasteiger partial charge in [0.1, 0.15) is 0 Å². The predicted octanol–water partition coefficient (Wildman–Crippen LogP) is 4.80. The molecule has 32 heavy (non-hydrogen) atoms. The van der Waals surface area contributed by atoms with Crippen molar-refractivity contribution >= 4 is 10.0 Å². The number of likely N-dealkylation sites (N-methyl/N-ethyl adjacent to an activating group) is 1. The van der Waals surface area contributed by atoms with Crippen molar-refractivity contribution in [2.45, 2.75) is 55.7 Å². The molecule has 0 aliphatic heterocycles. The number of alkyl halides is 3. The second kappa shape index (κ2) is 12.2. The fraction of sp³-hybridized carbons (Fsp3) is 0.652. The minimum absolute atomic E-state index is 0.122. The van der Waals surface area contributed by atoms with Crippen LogP contribution in [0.1, 0.15) is 44.1 Å². The first-order valence-electron chi connectivity index (χ1n) is 11.1. The van der Waals surface area contributed by atoms with Gasteiger partial charge >= 0.3 is 6.18 Å². The minimum Gasteiger partial charge on any atom is -0.378 e. The Morgan fingerprint density at radius 1 is 1.09 bits per heavy atom. The number of unbranched alkanes of at least 4 members (excludes halogenated alkanes) is 1. The van der Waals surface area contributed by atoms with E-state index in [4.69, 9.17) is 4.74 Å². The number of ether oxygens (including phenoxy) is 1. The molecule has 0 atom stereocenters. The number of nitrogens with zero attached hydrogens (tertiary/aromatic N) is 2. The molecule has 1 aromatic carbocycles. The van der Waals surface area contributed by atoms with Crippen molar-refractivity contribution in [3.05, 3.63) is 42.5 Å². The van der Waals surface area contributed by atoms with E-state index < -0.39 is 21.8 Å². The molecule has 0 spiro atoms. The van der Waals surface area contributed by atoms with E-state index in [1.54, 1.807) is 0 Å². The van der Waals surface area contributed by atoms with Crippen molar-refractivity contribution in [2.75, 3.05) is 40.3 Å². The minimum atomic E-state index is -4.49. The first-order chi connectivity index (χ1) is 15.0. The van der Waals surface area contributed by atoms with E-state index in [0.717, 1.165) is 82.5 Å². The van der Waals surface area contributed by atoms with Crippen molar-refractivity contribution in [1.29, 1.82) is 0 Å². The highest BCUT2D eigenvalue weighted by Gasteiger charge is 2.32. The smallest absolute Gasteiger partial charge is 0.378 e. The molecule has 2 rings (SSSR count). The van der Waals surface area contributed by atoms with Gasteiger partial charge in [-0.25, -0.2) is 12.7 Å². The quantitative estimate of drug-likeness (QED) is 0.321. The van der Waals surface area contributed by atoms with Crippen LogP contribution in [0.4, 0.5) is 13.2 Å². The molecule has 0 amide bonds. The van der Waals surface area contributed by atoms with Gasteiger partial charge in [0.05, 0.1) is 16.6 Å². The molecule has 9 heteroatoms. The maximum Gasteiger partial charge on any atom is 0.416 e. The number of hydrogen-bond donors (Lipinski definition) is 0. The van der Waals surface area contributed by atoms with Gasteiger partial charge < -0.3 is 9.64 Å².